The van der Waals surface area contributed by atoms with Crippen LogP contribution < -0.4 is 14.8 Å². The SMILES string of the molecule is COc1ccc(OC)c(NC(=O)C(C)OC(=O)c2ccc(Cl)cc2Cl)c1. The number of carbonyl (C=O) groups is 2. The summed E-state index contributed by atoms with van der Waals surface area (Å²) in [5, 5.41) is 3.18. The van der Waals surface area contributed by atoms with Crippen molar-refractivity contribution in [3.05, 3.63) is 52.0 Å². The van der Waals surface area contributed by atoms with Gasteiger partial charge in [0.1, 0.15) is 11.5 Å². The summed E-state index contributed by atoms with van der Waals surface area (Å²) in [6, 6.07) is 9.31. The van der Waals surface area contributed by atoms with Crippen molar-refractivity contribution in [3.8, 4) is 11.5 Å². The van der Waals surface area contributed by atoms with Crippen LogP contribution in [0, 0.1) is 0 Å². The lowest BCUT2D eigenvalue weighted by Crippen LogP contribution is -2.30. The molecule has 2 aromatic rings. The molecular weight excluding hydrogens is 381 g/mol. The molecule has 138 valence electrons. The molecule has 1 N–H and O–H groups in total. The fourth-order valence-corrected chi connectivity index (χ4v) is 2.56. The highest BCUT2D eigenvalue weighted by molar-refractivity contribution is 6.36. The second-order valence-corrected chi connectivity index (χ2v) is 6.07. The van der Waals surface area contributed by atoms with E-state index in [2.05, 4.69) is 5.32 Å². The van der Waals surface area contributed by atoms with Crippen LogP contribution in [0.1, 0.15) is 17.3 Å². The molecule has 0 aromatic heterocycles. The number of esters is 1. The molecule has 0 fully saturated rings. The van der Waals surface area contributed by atoms with E-state index in [1.54, 1.807) is 18.2 Å². The number of nitrogens with one attached hydrogen (secondary N) is 1. The van der Waals surface area contributed by atoms with Crippen molar-refractivity contribution < 1.29 is 23.8 Å². The smallest absolute Gasteiger partial charge is 0.340 e. The number of hydrogen-bond donors (Lipinski definition) is 1. The third-order valence-corrected chi connectivity index (χ3v) is 4.02. The van der Waals surface area contributed by atoms with Crippen LogP contribution in [-0.4, -0.2) is 32.2 Å². The molecule has 26 heavy (non-hydrogen) atoms. The zero-order valence-electron chi connectivity index (χ0n) is 14.3. The number of hydrogen-bond acceptors (Lipinski definition) is 5. The van der Waals surface area contributed by atoms with Crippen molar-refractivity contribution in [2.75, 3.05) is 19.5 Å². The van der Waals surface area contributed by atoms with Crippen LogP contribution in [0.4, 0.5) is 5.69 Å². The first-order valence-corrected chi connectivity index (χ1v) is 8.30. The summed E-state index contributed by atoms with van der Waals surface area (Å²) in [5.74, 6) is -0.279. The Morgan fingerprint density at radius 3 is 2.38 bits per heavy atom. The molecule has 0 heterocycles. The van der Waals surface area contributed by atoms with Crippen LogP contribution in [0.25, 0.3) is 0 Å². The summed E-state index contributed by atoms with van der Waals surface area (Å²) in [6.45, 7) is 1.45. The fraction of sp³-hybridized carbons (Fsp3) is 0.222. The number of ether oxygens (including phenoxy) is 3. The highest BCUT2D eigenvalue weighted by Gasteiger charge is 2.22. The van der Waals surface area contributed by atoms with E-state index in [0.29, 0.717) is 22.2 Å². The van der Waals surface area contributed by atoms with Gasteiger partial charge in [0.05, 0.1) is 30.5 Å². The van der Waals surface area contributed by atoms with Gasteiger partial charge in [-0.05, 0) is 37.3 Å². The largest absolute Gasteiger partial charge is 0.497 e. The summed E-state index contributed by atoms with van der Waals surface area (Å²) in [5.41, 5.74) is 0.513. The Morgan fingerprint density at radius 1 is 1.04 bits per heavy atom. The molecule has 0 saturated carbocycles. The third kappa shape index (κ3) is 4.80. The lowest BCUT2D eigenvalue weighted by atomic mass is 10.2. The average molecular weight is 398 g/mol. The normalized spacial score (nSPS) is 11.4. The van der Waals surface area contributed by atoms with Crippen LogP contribution in [-0.2, 0) is 9.53 Å². The van der Waals surface area contributed by atoms with E-state index >= 15 is 0 Å². The molecule has 0 spiro atoms. The maximum atomic E-state index is 12.3. The van der Waals surface area contributed by atoms with Gasteiger partial charge in [-0.1, -0.05) is 23.2 Å². The lowest BCUT2D eigenvalue weighted by molar-refractivity contribution is -0.123. The summed E-state index contributed by atoms with van der Waals surface area (Å²) in [7, 11) is 2.98. The molecule has 0 bridgehead atoms. The Morgan fingerprint density at radius 2 is 1.77 bits per heavy atom. The molecule has 1 unspecified atom stereocenters. The van der Waals surface area contributed by atoms with Gasteiger partial charge in [-0.25, -0.2) is 4.79 Å². The van der Waals surface area contributed by atoms with Crippen molar-refractivity contribution in [2.24, 2.45) is 0 Å². The van der Waals surface area contributed by atoms with Crippen LogP contribution >= 0.6 is 23.2 Å². The maximum Gasteiger partial charge on any atom is 0.340 e. The highest BCUT2D eigenvalue weighted by Crippen LogP contribution is 2.29. The molecular formula is C18H17Cl2NO5. The van der Waals surface area contributed by atoms with Crippen LogP contribution in [0.5, 0.6) is 11.5 Å². The molecule has 2 rings (SSSR count). The molecule has 0 radical (unpaired) electrons. The van der Waals surface area contributed by atoms with Crippen LogP contribution in [0.2, 0.25) is 10.0 Å². The van der Waals surface area contributed by atoms with Gasteiger partial charge in [-0.3, -0.25) is 4.79 Å². The quantitative estimate of drug-likeness (QED) is 0.739. The second kappa shape index (κ2) is 8.78. The fourth-order valence-electron chi connectivity index (χ4n) is 2.08. The molecule has 0 aliphatic rings. The van der Waals surface area contributed by atoms with Gasteiger partial charge in [0.2, 0.25) is 0 Å². The van der Waals surface area contributed by atoms with Crippen molar-refractivity contribution >= 4 is 40.8 Å². The molecule has 1 atom stereocenters. The minimum atomic E-state index is -1.06. The molecule has 0 aliphatic carbocycles. The lowest BCUT2D eigenvalue weighted by Gasteiger charge is -2.16. The molecule has 0 aliphatic heterocycles. The maximum absolute atomic E-state index is 12.3. The number of anilines is 1. The van der Waals surface area contributed by atoms with Crippen LogP contribution in [0.15, 0.2) is 36.4 Å². The van der Waals surface area contributed by atoms with E-state index in [1.165, 1.54) is 39.3 Å². The Kier molecular flexibility index (Phi) is 6.71. The number of halogens is 2. The van der Waals surface area contributed by atoms with E-state index in [0.717, 1.165) is 0 Å². The Balaban J connectivity index is 2.09. The zero-order valence-corrected chi connectivity index (χ0v) is 15.9. The van der Waals surface area contributed by atoms with Crippen LogP contribution in [0.3, 0.4) is 0 Å². The standard InChI is InChI=1S/C18H17Cl2NO5/c1-10(26-18(23)13-6-4-11(19)8-14(13)20)17(22)21-15-9-12(24-2)5-7-16(15)25-3/h4-10H,1-3H3,(H,21,22). The predicted octanol–water partition coefficient (Wildman–Crippen LogP) is 4.19. The van der Waals surface area contributed by atoms with Gasteiger partial charge >= 0.3 is 5.97 Å². The van der Waals surface area contributed by atoms with E-state index in [1.807, 2.05) is 0 Å². The predicted molar refractivity (Wildman–Crippen MR) is 99.5 cm³/mol. The van der Waals surface area contributed by atoms with Crippen molar-refractivity contribution in [1.29, 1.82) is 0 Å². The number of amides is 1. The number of methoxy groups -OCH3 is 2. The van der Waals surface area contributed by atoms with Crippen molar-refractivity contribution in [2.45, 2.75) is 13.0 Å². The molecule has 0 saturated heterocycles. The molecule has 1 amide bonds. The van der Waals surface area contributed by atoms with Gasteiger partial charge in [-0.15, -0.1) is 0 Å². The second-order valence-electron chi connectivity index (χ2n) is 5.23. The van der Waals surface area contributed by atoms with Gasteiger partial charge in [0.25, 0.3) is 5.91 Å². The Labute approximate surface area is 160 Å². The minimum absolute atomic E-state index is 0.120. The van der Waals surface area contributed by atoms with Gasteiger partial charge in [0.15, 0.2) is 6.10 Å². The summed E-state index contributed by atoms with van der Waals surface area (Å²) in [6.07, 6.45) is -1.06. The van der Waals surface area contributed by atoms with Crippen molar-refractivity contribution in [3.63, 3.8) is 0 Å². The van der Waals surface area contributed by atoms with Gasteiger partial charge in [-0.2, -0.15) is 0 Å². The number of benzene rings is 2. The van der Waals surface area contributed by atoms with E-state index in [4.69, 9.17) is 37.4 Å². The highest BCUT2D eigenvalue weighted by atomic mass is 35.5. The van der Waals surface area contributed by atoms with Gasteiger partial charge < -0.3 is 19.5 Å². The number of carbonyl (C=O) groups excluding carboxylic acids is 2. The zero-order chi connectivity index (χ0) is 19.3. The first-order valence-electron chi connectivity index (χ1n) is 7.54. The third-order valence-electron chi connectivity index (χ3n) is 3.47. The molecule has 2 aromatic carbocycles. The Hall–Kier alpha value is -2.44. The topological polar surface area (TPSA) is 73.9 Å². The monoisotopic (exact) mass is 397 g/mol. The van der Waals surface area contributed by atoms with Crippen molar-refractivity contribution in [1.82, 2.24) is 0 Å². The van der Waals surface area contributed by atoms with E-state index in [-0.39, 0.29) is 10.6 Å². The summed E-state index contributed by atoms with van der Waals surface area (Å²) in [4.78, 5) is 24.5. The first-order chi connectivity index (χ1) is 12.3. The summed E-state index contributed by atoms with van der Waals surface area (Å²) >= 11 is 11.8. The molecule has 6 nitrogen and oxygen atoms in total. The van der Waals surface area contributed by atoms with Gasteiger partial charge in [0, 0.05) is 11.1 Å². The Bertz CT molecular complexity index is 825. The van der Waals surface area contributed by atoms with E-state index in [9.17, 15) is 9.59 Å². The number of rotatable bonds is 6. The minimum Gasteiger partial charge on any atom is -0.497 e. The summed E-state index contributed by atoms with van der Waals surface area (Å²) < 4.78 is 15.5. The first kappa shape index (κ1) is 19.9. The molecule has 8 heteroatoms. The van der Waals surface area contributed by atoms with E-state index < -0.39 is 18.0 Å². The average Bonchev–Trinajstić information content (AvgIpc) is 2.61.